The average molecular weight is 172 g/mol. The molecule has 0 aliphatic carbocycles. The molecule has 0 aromatic rings. The van der Waals surface area contributed by atoms with Crippen LogP contribution in [0.4, 0.5) is 0 Å². The van der Waals surface area contributed by atoms with Gasteiger partial charge < -0.3 is 15.7 Å². The Hall–Kier alpha value is -0.610. The van der Waals surface area contributed by atoms with Crippen LogP contribution in [0.1, 0.15) is 19.3 Å². The van der Waals surface area contributed by atoms with E-state index in [1.807, 2.05) is 0 Å². The van der Waals surface area contributed by atoms with Gasteiger partial charge in [-0.15, -0.1) is 0 Å². The van der Waals surface area contributed by atoms with Crippen molar-refractivity contribution >= 4 is 5.97 Å². The summed E-state index contributed by atoms with van der Waals surface area (Å²) in [4.78, 5) is 10.2. The molecular formula is C8H16N2O2. The van der Waals surface area contributed by atoms with Gasteiger partial charge in [-0.2, -0.15) is 0 Å². The average Bonchev–Trinajstić information content (AvgIpc) is 2.05. The van der Waals surface area contributed by atoms with Crippen molar-refractivity contribution in [3.8, 4) is 0 Å². The Kier molecular flexibility index (Phi) is 4.04. The second kappa shape index (κ2) is 5.11. The van der Waals surface area contributed by atoms with Crippen molar-refractivity contribution in [2.75, 3.05) is 19.6 Å². The molecule has 1 rings (SSSR count). The molecule has 12 heavy (non-hydrogen) atoms. The molecule has 0 radical (unpaired) electrons. The number of aliphatic carboxylic acids is 1. The van der Waals surface area contributed by atoms with Gasteiger partial charge in [-0.05, 0) is 19.4 Å². The van der Waals surface area contributed by atoms with Crippen molar-refractivity contribution < 1.29 is 9.90 Å². The number of rotatable bonds is 4. The second-order valence-electron chi connectivity index (χ2n) is 3.14. The molecule has 1 atom stereocenters. The van der Waals surface area contributed by atoms with E-state index in [4.69, 9.17) is 5.11 Å². The van der Waals surface area contributed by atoms with Crippen molar-refractivity contribution in [1.29, 1.82) is 0 Å². The van der Waals surface area contributed by atoms with Crippen molar-refractivity contribution in [3.05, 3.63) is 0 Å². The summed E-state index contributed by atoms with van der Waals surface area (Å²) in [5.74, 6) is -0.730. The monoisotopic (exact) mass is 172 g/mol. The fraction of sp³-hybridized carbons (Fsp3) is 0.875. The van der Waals surface area contributed by atoms with Gasteiger partial charge in [0.1, 0.15) is 0 Å². The first-order valence-corrected chi connectivity index (χ1v) is 4.45. The third-order valence-electron chi connectivity index (χ3n) is 2.07. The van der Waals surface area contributed by atoms with Crippen molar-refractivity contribution in [2.45, 2.75) is 25.3 Å². The molecule has 0 bridgehead atoms. The maximum atomic E-state index is 10.2. The highest BCUT2D eigenvalue weighted by Crippen LogP contribution is 2.00. The molecule has 0 aromatic heterocycles. The summed E-state index contributed by atoms with van der Waals surface area (Å²) in [7, 11) is 0. The zero-order valence-corrected chi connectivity index (χ0v) is 7.18. The Morgan fingerprint density at radius 3 is 3.08 bits per heavy atom. The SMILES string of the molecule is O=C(O)CCNC1CCCNC1. The molecule has 1 unspecified atom stereocenters. The van der Waals surface area contributed by atoms with Crippen LogP contribution >= 0.6 is 0 Å². The van der Waals surface area contributed by atoms with Gasteiger partial charge in [-0.3, -0.25) is 4.79 Å². The third kappa shape index (κ3) is 3.69. The number of carboxylic acids is 1. The van der Waals surface area contributed by atoms with Crippen LogP contribution in [0.25, 0.3) is 0 Å². The van der Waals surface area contributed by atoms with E-state index in [-0.39, 0.29) is 6.42 Å². The Morgan fingerprint density at radius 1 is 1.67 bits per heavy atom. The van der Waals surface area contributed by atoms with E-state index < -0.39 is 5.97 Å². The number of hydrogen-bond donors (Lipinski definition) is 3. The summed E-state index contributed by atoms with van der Waals surface area (Å²) in [5.41, 5.74) is 0. The standard InChI is InChI=1S/C8H16N2O2/c11-8(12)3-5-10-7-2-1-4-9-6-7/h7,9-10H,1-6H2,(H,11,12). The Bertz CT molecular complexity index is 144. The van der Waals surface area contributed by atoms with E-state index in [2.05, 4.69) is 10.6 Å². The topological polar surface area (TPSA) is 61.4 Å². The van der Waals surface area contributed by atoms with Gasteiger partial charge in [-0.25, -0.2) is 0 Å². The molecule has 0 spiro atoms. The summed E-state index contributed by atoms with van der Waals surface area (Å²) in [6.07, 6.45) is 2.56. The predicted octanol–water partition coefficient (Wildman–Crippen LogP) is -0.197. The van der Waals surface area contributed by atoms with E-state index >= 15 is 0 Å². The van der Waals surface area contributed by atoms with E-state index in [0.29, 0.717) is 12.6 Å². The predicted molar refractivity (Wildman–Crippen MR) is 46.1 cm³/mol. The van der Waals surface area contributed by atoms with Crippen LogP contribution in [-0.4, -0.2) is 36.8 Å². The smallest absolute Gasteiger partial charge is 0.304 e. The highest BCUT2D eigenvalue weighted by molar-refractivity contribution is 5.66. The molecular weight excluding hydrogens is 156 g/mol. The summed E-state index contributed by atoms with van der Waals surface area (Å²) in [6.45, 7) is 2.65. The molecule has 0 aromatic carbocycles. The molecule has 0 saturated carbocycles. The third-order valence-corrected chi connectivity index (χ3v) is 2.07. The molecule has 1 fully saturated rings. The fourth-order valence-electron chi connectivity index (χ4n) is 1.41. The van der Waals surface area contributed by atoms with Gasteiger partial charge in [-0.1, -0.05) is 0 Å². The van der Waals surface area contributed by atoms with Crippen molar-refractivity contribution in [3.63, 3.8) is 0 Å². The minimum Gasteiger partial charge on any atom is -0.481 e. The van der Waals surface area contributed by atoms with Gasteiger partial charge in [0, 0.05) is 19.1 Å². The van der Waals surface area contributed by atoms with Crippen LogP contribution in [0, 0.1) is 0 Å². The van der Waals surface area contributed by atoms with Crippen LogP contribution < -0.4 is 10.6 Å². The first kappa shape index (κ1) is 9.48. The molecule has 4 nitrogen and oxygen atoms in total. The molecule has 1 saturated heterocycles. The summed E-state index contributed by atoms with van der Waals surface area (Å²) in [5, 5.41) is 14.9. The number of piperidine rings is 1. The molecule has 1 heterocycles. The zero-order valence-electron chi connectivity index (χ0n) is 7.18. The largest absolute Gasteiger partial charge is 0.481 e. The molecule has 0 amide bonds. The summed E-state index contributed by atoms with van der Waals surface area (Å²) < 4.78 is 0. The lowest BCUT2D eigenvalue weighted by Crippen LogP contribution is -2.43. The number of hydrogen-bond acceptors (Lipinski definition) is 3. The van der Waals surface area contributed by atoms with Crippen molar-refractivity contribution in [1.82, 2.24) is 10.6 Å². The Balaban J connectivity index is 2.01. The minimum absolute atomic E-state index is 0.219. The van der Waals surface area contributed by atoms with Crippen LogP contribution in [-0.2, 0) is 4.79 Å². The summed E-state index contributed by atoms with van der Waals surface area (Å²) in [6, 6.07) is 0.470. The molecule has 70 valence electrons. The van der Waals surface area contributed by atoms with Gasteiger partial charge in [0.2, 0.25) is 0 Å². The molecule has 1 aliphatic rings. The fourth-order valence-corrected chi connectivity index (χ4v) is 1.41. The first-order valence-electron chi connectivity index (χ1n) is 4.45. The van der Waals surface area contributed by atoms with Crippen LogP contribution in [0.3, 0.4) is 0 Å². The highest BCUT2D eigenvalue weighted by atomic mass is 16.4. The van der Waals surface area contributed by atoms with Crippen LogP contribution in [0.15, 0.2) is 0 Å². The lowest BCUT2D eigenvalue weighted by molar-refractivity contribution is -0.136. The van der Waals surface area contributed by atoms with Gasteiger partial charge >= 0.3 is 5.97 Å². The zero-order chi connectivity index (χ0) is 8.81. The highest BCUT2D eigenvalue weighted by Gasteiger charge is 2.11. The van der Waals surface area contributed by atoms with Gasteiger partial charge in [0.25, 0.3) is 0 Å². The summed E-state index contributed by atoms with van der Waals surface area (Å²) >= 11 is 0. The molecule has 4 heteroatoms. The van der Waals surface area contributed by atoms with Crippen molar-refractivity contribution in [2.24, 2.45) is 0 Å². The molecule has 3 N–H and O–H groups in total. The Morgan fingerprint density at radius 2 is 2.50 bits per heavy atom. The quantitative estimate of drug-likeness (QED) is 0.549. The van der Waals surface area contributed by atoms with E-state index in [0.717, 1.165) is 19.5 Å². The van der Waals surface area contributed by atoms with Gasteiger partial charge in [0.15, 0.2) is 0 Å². The number of nitrogens with one attached hydrogen (secondary N) is 2. The number of carbonyl (C=O) groups is 1. The normalized spacial score (nSPS) is 23.8. The maximum Gasteiger partial charge on any atom is 0.304 e. The van der Waals surface area contributed by atoms with Crippen LogP contribution in [0.5, 0.6) is 0 Å². The Labute approximate surface area is 72.3 Å². The van der Waals surface area contributed by atoms with E-state index in [1.165, 1.54) is 6.42 Å². The lowest BCUT2D eigenvalue weighted by atomic mass is 10.1. The first-order chi connectivity index (χ1) is 5.79. The van der Waals surface area contributed by atoms with E-state index in [1.54, 1.807) is 0 Å². The minimum atomic E-state index is -0.730. The van der Waals surface area contributed by atoms with Crippen LogP contribution in [0.2, 0.25) is 0 Å². The van der Waals surface area contributed by atoms with Gasteiger partial charge in [0.05, 0.1) is 6.42 Å². The number of carboxylic acid groups (broad SMARTS) is 1. The van der Waals surface area contributed by atoms with E-state index in [9.17, 15) is 4.79 Å². The second-order valence-corrected chi connectivity index (χ2v) is 3.14. The molecule has 1 aliphatic heterocycles. The maximum absolute atomic E-state index is 10.2. The lowest BCUT2D eigenvalue weighted by Gasteiger charge is -2.23.